The Balaban J connectivity index is 2.11. The third kappa shape index (κ3) is 1.82. The van der Waals surface area contributed by atoms with Crippen LogP contribution in [-0.4, -0.2) is 23.2 Å². The third-order valence-electron chi connectivity index (χ3n) is 1.27. The fourth-order valence-corrected chi connectivity index (χ4v) is 1.93. The normalized spacial score (nSPS) is 22.7. The Morgan fingerprint density at radius 3 is 3.17 bits per heavy atom. The molecule has 6 heteroatoms. The SMILES string of the molecule is C1=COSC(C2=NCOSC2)=N1. The second-order valence-electron chi connectivity index (χ2n) is 2.01. The lowest BCUT2D eigenvalue weighted by atomic mass is 10.4. The summed E-state index contributed by atoms with van der Waals surface area (Å²) in [5.41, 5.74) is 0.945. The lowest BCUT2D eigenvalue weighted by Gasteiger charge is -2.12. The first kappa shape index (κ1) is 8.15. The number of aliphatic imine (C=N–C) groups is 2. The highest BCUT2D eigenvalue weighted by atomic mass is 32.2. The van der Waals surface area contributed by atoms with Gasteiger partial charge in [0.15, 0.2) is 11.8 Å². The van der Waals surface area contributed by atoms with Gasteiger partial charge in [0.05, 0.1) is 17.7 Å². The summed E-state index contributed by atoms with van der Waals surface area (Å²) in [6.07, 6.45) is 3.16. The molecule has 0 unspecified atom stereocenters. The van der Waals surface area contributed by atoms with Crippen LogP contribution in [0.3, 0.4) is 0 Å². The van der Waals surface area contributed by atoms with Gasteiger partial charge >= 0.3 is 0 Å². The highest BCUT2D eigenvalue weighted by Crippen LogP contribution is 2.18. The first-order valence-corrected chi connectivity index (χ1v) is 4.96. The molecule has 2 aliphatic heterocycles. The van der Waals surface area contributed by atoms with Crippen LogP contribution >= 0.6 is 24.1 Å². The Morgan fingerprint density at radius 1 is 1.50 bits per heavy atom. The molecule has 0 aromatic carbocycles. The van der Waals surface area contributed by atoms with Crippen LogP contribution < -0.4 is 0 Å². The summed E-state index contributed by atoms with van der Waals surface area (Å²) in [6, 6.07) is 0. The van der Waals surface area contributed by atoms with Gasteiger partial charge in [0.2, 0.25) is 0 Å². The zero-order chi connectivity index (χ0) is 8.23. The maximum Gasteiger partial charge on any atom is 0.158 e. The van der Waals surface area contributed by atoms with Crippen LogP contribution in [0.4, 0.5) is 0 Å². The van der Waals surface area contributed by atoms with Crippen molar-refractivity contribution in [2.75, 3.05) is 12.5 Å². The van der Waals surface area contributed by atoms with Crippen molar-refractivity contribution >= 4 is 34.8 Å². The molecule has 0 saturated carbocycles. The minimum Gasteiger partial charge on any atom is -0.425 e. The molecule has 2 heterocycles. The summed E-state index contributed by atoms with van der Waals surface area (Å²) >= 11 is 2.63. The fourth-order valence-electron chi connectivity index (χ4n) is 0.754. The Labute approximate surface area is 78.5 Å². The van der Waals surface area contributed by atoms with E-state index in [4.69, 9.17) is 8.37 Å². The van der Waals surface area contributed by atoms with E-state index in [1.54, 1.807) is 12.5 Å². The Hall–Kier alpha value is -0.460. The van der Waals surface area contributed by atoms with Crippen molar-refractivity contribution in [3.63, 3.8) is 0 Å². The summed E-state index contributed by atoms with van der Waals surface area (Å²) in [5, 5.41) is 0.827. The smallest absolute Gasteiger partial charge is 0.158 e. The molecular formula is C6H6N2O2S2. The van der Waals surface area contributed by atoms with E-state index in [0.29, 0.717) is 6.73 Å². The summed E-state index contributed by atoms with van der Waals surface area (Å²) in [7, 11) is 0. The van der Waals surface area contributed by atoms with Crippen molar-refractivity contribution < 1.29 is 8.37 Å². The molecule has 0 atom stereocenters. The van der Waals surface area contributed by atoms with E-state index >= 15 is 0 Å². The lowest BCUT2D eigenvalue weighted by molar-refractivity contribution is 0.388. The van der Waals surface area contributed by atoms with Crippen molar-refractivity contribution in [1.29, 1.82) is 0 Å². The summed E-state index contributed by atoms with van der Waals surface area (Å²) in [4.78, 5) is 8.29. The van der Waals surface area contributed by atoms with E-state index in [1.165, 1.54) is 24.1 Å². The molecule has 12 heavy (non-hydrogen) atoms. The largest absolute Gasteiger partial charge is 0.425 e. The number of hydrogen-bond acceptors (Lipinski definition) is 6. The van der Waals surface area contributed by atoms with Gasteiger partial charge < -0.3 is 4.18 Å². The second-order valence-corrected chi connectivity index (χ2v) is 3.52. The highest BCUT2D eigenvalue weighted by molar-refractivity contribution is 8.12. The molecule has 0 amide bonds. The van der Waals surface area contributed by atoms with Crippen LogP contribution in [-0.2, 0) is 8.37 Å². The van der Waals surface area contributed by atoms with Gasteiger partial charge in [-0.15, -0.1) is 0 Å². The van der Waals surface area contributed by atoms with Crippen LogP contribution in [0.2, 0.25) is 0 Å². The van der Waals surface area contributed by atoms with Crippen LogP contribution in [0.15, 0.2) is 22.4 Å². The monoisotopic (exact) mass is 202 g/mol. The van der Waals surface area contributed by atoms with Gasteiger partial charge in [-0.05, 0) is 0 Å². The minimum absolute atomic E-state index is 0.406. The van der Waals surface area contributed by atoms with Gasteiger partial charge in [0.1, 0.15) is 18.3 Å². The van der Waals surface area contributed by atoms with E-state index in [-0.39, 0.29) is 0 Å². The first-order chi connectivity index (χ1) is 5.97. The molecule has 0 spiro atoms. The molecule has 2 rings (SSSR count). The summed E-state index contributed by atoms with van der Waals surface area (Å²) in [5.74, 6) is 0.739. The fraction of sp³-hybridized carbons (Fsp3) is 0.333. The van der Waals surface area contributed by atoms with Crippen LogP contribution in [0.5, 0.6) is 0 Å². The van der Waals surface area contributed by atoms with Crippen molar-refractivity contribution in [3.05, 3.63) is 12.5 Å². The molecule has 64 valence electrons. The predicted molar refractivity (Wildman–Crippen MR) is 51.1 cm³/mol. The van der Waals surface area contributed by atoms with Crippen molar-refractivity contribution in [1.82, 2.24) is 0 Å². The Morgan fingerprint density at radius 2 is 2.50 bits per heavy atom. The van der Waals surface area contributed by atoms with Gasteiger partial charge in [-0.1, -0.05) is 0 Å². The highest BCUT2D eigenvalue weighted by Gasteiger charge is 2.15. The summed E-state index contributed by atoms with van der Waals surface area (Å²) < 4.78 is 10.0. The van der Waals surface area contributed by atoms with E-state index in [2.05, 4.69) is 9.98 Å². The van der Waals surface area contributed by atoms with E-state index in [0.717, 1.165) is 16.5 Å². The van der Waals surface area contributed by atoms with Gasteiger partial charge in [-0.25, -0.2) is 4.99 Å². The number of rotatable bonds is 1. The molecule has 0 fully saturated rings. The minimum atomic E-state index is 0.406. The lowest BCUT2D eigenvalue weighted by Crippen LogP contribution is -2.18. The molecule has 2 aliphatic rings. The predicted octanol–water partition coefficient (Wildman–Crippen LogP) is 1.61. The van der Waals surface area contributed by atoms with Crippen LogP contribution in [0.1, 0.15) is 0 Å². The van der Waals surface area contributed by atoms with Gasteiger partial charge in [-0.3, -0.25) is 9.18 Å². The van der Waals surface area contributed by atoms with E-state index in [9.17, 15) is 0 Å². The van der Waals surface area contributed by atoms with Crippen molar-refractivity contribution in [2.24, 2.45) is 9.98 Å². The number of hydrogen-bond donors (Lipinski definition) is 0. The molecule has 4 nitrogen and oxygen atoms in total. The molecule has 0 aromatic rings. The summed E-state index contributed by atoms with van der Waals surface area (Å²) in [6.45, 7) is 0.406. The van der Waals surface area contributed by atoms with Gasteiger partial charge in [-0.2, -0.15) is 0 Å². The topological polar surface area (TPSA) is 43.2 Å². The quantitative estimate of drug-likeness (QED) is 0.606. The molecule has 0 bridgehead atoms. The molecule has 0 saturated heterocycles. The second kappa shape index (κ2) is 3.97. The Kier molecular flexibility index (Phi) is 2.70. The standard InChI is InChI=1S/C6H6N2O2S2/c1-2-9-12-6(7-1)5-3-11-10-4-8-5/h1-2H,3-4H2. The van der Waals surface area contributed by atoms with Crippen LogP contribution in [0.25, 0.3) is 0 Å². The Bertz CT molecular complexity index is 262. The zero-order valence-electron chi connectivity index (χ0n) is 6.10. The molecule has 0 radical (unpaired) electrons. The first-order valence-electron chi connectivity index (χ1n) is 3.31. The number of nitrogens with zero attached hydrogens (tertiary/aromatic N) is 2. The molecule has 0 aromatic heterocycles. The zero-order valence-corrected chi connectivity index (χ0v) is 7.73. The molecular weight excluding hydrogens is 196 g/mol. The maximum absolute atomic E-state index is 5.01. The average Bonchev–Trinajstić information content (AvgIpc) is 2.21. The average molecular weight is 202 g/mol. The van der Waals surface area contributed by atoms with Gasteiger partial charge in [0.25, 0.3) is 0 Å². The van der Waals surface area contributed by atoms with Gasteiger partial charge in [0, 0.05) is 12.0 Å². The molecule has 0 N–H and O–H groups in total. The third-order valence-corrected chi connectivity index (χ3v) is 2.64. The maximum atomic E-state index is 5.01. The van der Waals surface area contributed by atoms with Crippen LogP contribution in [0, 0.1) is 0 Å². The van der Waals surface area contributed by atoms with Crippen molar-refractivity contribution in [3.8, 4) is 0 Å². The van der Waals surface area contributed by atoms with E-state index in [1.807, 2.05) is 0 Å². The van der Waals surface area contributed by atoms with E-state index < -0.39 is 0 Å². The van der Waals surface area contributed by atoms with Crippen molar-refractivity contribution in [2.45, 2.75) is 0 Å². The molecule has 0 aliphatic carbocycles.